The van der Waals surface area contributed by atoms with Gasteiger partial charge in [-0.1, -0.05) is 0 Å². The van der Waals surface area contributed by atoms with Crippen LogP contribution in [0, 0.1) is 3.57 Å². The maximum absolute atomic E-state index is 11.1. The van der Waals surface area contributed by atoms with Crippen molar-refractivity contribution in [1.29, 1.82) is 0 Å². The van der Waals surface area contributed by atoms with Gasteiger partial charge in [-0.2, -0.15) is 10.2 Å². The summed E-state index contributed by atoms with van der Waals surface area (Å²) in [5.41, 5.74) is 2.23. The molecule has 0 saturated carbocycles. The van der Waals surface area contributed by atoms with Crippen LogP contribution in [0.1, 0.15) is 17.3 Å². The average Bonchev–Trinajstić information content (AvgIpc) is 2.38. The summed E-state index contributed by atoms with van der Waals surface area (Å²) in [5, 5.41) is 8.25. The van der Waals surface area contributed by atoms with E-state index in [2.05, 4.69) is 32.8 Å². The smallest absolute Gasteiger partial charge is 0.159 e. The van der Waals surface area contributed by atoms with E-state index in [9.17, 15) is 4.79 Å². The lowest BCUT2D eigenvalue weighted by Gasteiger charge is -1.96. The normalized spacial score (nSPS) is 10.8. The zero-order valence-corrected chi connectivity index (χ0v) is 12.0. The fraction of sp³-hybridized carbons (Fsp3) is 0.0714. The second-order valence-corrected chi connectivity index (χ2v) is 5.03. The number of nitrogens with zero attached hydrogens (tertiary/aromatic N) is 2. The van der Waals surface area contributed by atoms with Crippen LogP contribution < -0.4 is 0 Å². The van der Waals surface area contributed by atoms with Crippen molar-refractivity contribution in [2.75, 3.05) is 0 Å². The summed E-state index contributed by atoms with van der Waals surface area (Å²) >= 11 is 2.24. The summed E-state index contributed by atoms with van der Waals surface area (Å²) in [4.78, 5) is 11.1. The van der Waals surface area contributed by atoms with Crippen LogP contribution in [-0.2, 0) is 0 Å². The first-order valence-corrected chi connectivity index (χ1v) is 6.51. The number of carbonyl (C=O) groups is 1. The molecule has 3 nitrogen and oxygen atoms in total. The fourth-order valence-corrected chi connectivity index (χ4v) is 1.75. The molecule has 0 radical (unpaired) electrons. The van der Waals surface area contributed by atoms with Gasteiger partial charge in [-0.25, -0.2) is 0 Å². The Morgan fingerprint density at radius 3 is 1.78 bits per heavy atom. The van der Waals surface area contributed by atoms with Crippen LogP contribution in [-0.4, -0.2) is 5.78 Å². The Labute approximate surface area is 119 Å². The highest BCUT2D eigenvalue weighted by atomic mass is 127. The lowest BCUT2D eigenvalue weighted by Crippen LogP contribution is -1.89. The second-order valence-electron chi connectivity index (χ2n) is 3.78. The summed E-state index contributed by atoms with van der Waals surface area (Å²) in [7, 11) is 0. The highest BCUT2D eigenvalue weighted by Crippen LogP contribution is 2.19. The number of carbonyl (C=O) groups excluding carboxylic acids is 1. The summed E-state index contributed by atoms with van der Waals surface area (Å²) in [5.74, 6) is 0.0520. The van der Waals surface area contributed by atoms with E-state index in [1.54, 1.807) is 31.2 Å². The van der Waals surface area contributed by atoms with E-state index in [4.69, 9.17) is 0 Å². The molecule has 0 atom stereocenters. The molecule has 0 spiro atoms. The summed E-state index contributed by atoms with van der Waals surface area (Å²) in [6, 6.07) is 14.9. The van der Waals surface area contributed by atoms with Gasteiger partial charge in [0.25, 0.3) is 0 Å². The molecule has 2 aromatic carbocycles. The van der Waals surface area contributed by atoms with Crippen molar-refractivity contribution in [2.24, 2.45) is 10.2 Å². The molecule has 0 aliphatic carbocycles. The van der Waals surface area contributed by atoms with Gasteiger partial charge in [0.15, 0.2) is 5.78 Å². The molecule has 0 aliphatic rings. The Morgan fingerprint density at radius 1 is 0.889 bits per heavy atom. The molecular formula is C14H11IN2O. The van der Waals surface area contributed by atoms with Gasteiger partial charge in [0, 0.05) is 9.13 Å². The third-order valence-electron chi connectivity index (χ3n) is 2.38. The number of azo groups is 1. The molecule has 0 fully saturated rings. The lowest BCUT2D eigenvalue weighted by molar-refractivity contribution is 0.101. The third kappa shape index (κ3) is 3.46. The maximum Gasteiger partial charge on any atom is 0.159 e. The molecule has 4 heteroatoms. The Morgan fingerprint density at radius 2 is 1.33 bits per heavy atom. The van der Waals surface area contributed by atoms with Crippen molar-refractivity contribution in [3.05, 3.63) is 57.7 Å². The van der Waals surface area contributed by atoms with Crippen LogP contribution in [0.4, 0.5) is 11.4 Å². The first kappa shape index (κ1) is 12.9. The van der Waals surface area contributed by atoms with Crippen molar-refractivity contribution < 1.29 is 4.79 Å². The van der Waals surface area contributed by atoms with E-state index in [-0.39, 0.29) is 5.78 Å². The standard InChI is InChI=1S/C14H11IN2O/c1-10(18)11-2-6-13(7-3-11)16-17-14-8-4-12(15)5-9-14/h2-9H,1H3. The first-order chi connectivity index (χ1) is 8.65. The van der Waals surface area contributed by atoms with E-state index in [1.165, 1.54) is 0 Å². The summed E-state index contributed by atoms with van der Waals surface area (Å²) in [6.07, 6.45) is 0. The van der Waals surface area contributed by atoms with Crippen LogP contribution >= 0.6 is 22.6 Å². The maximum atomic E-state index is 11.1. The molecule has 0 saturated heterocycles. The van der Waals surface area contributed by atoms with Gasteiger partial charge in [0.1, 0.15) is 0 Å². The first-order valence-electron chi connectivity index (χ1n) is 5.43. The SMILES string of the molecule is CC(=O)c1ccc(N=Nc2ccc(I)cc2)cc1. The summed E-state index contributed by atoms with van der Waals surface area (Å²) < 4.78 is 1.16. The number of hydrogen-bond acceptors (Lipinski definition) is 3. The monoisotopic (exact) mass is 350 g/mol. The highest BCUT2D eigenvalue weighted by Gasteiger charge is 1.98. The minimum absolute atomic E-state index is 0.0520. The molecule has 0 aliphatic heterocycles. The highest BCUT2D eigenvalue weighted by molar-refractivity contribution is 14.1. The Balaban J connectivity index is 2.13. The molecule has 0 bridgehead atoms. The molecule has 0 heterocycles. The van der Waals surface area contributed by atoms with Gasteiger partial charge in [0.2, 0.25) is 0 Å². The molecule has 0 amide bonds. The largest absolute Gasteiger partial charge is 0.295 e. The molecule has 90 valence electrons. The number of benzene rings is 2. The zero-order valence-electron chi connectivity index (χ0n) is 9.80. The Bertz CT molecular complexity index is 574. The number of rotatable bonds is 3. The van der Waals surface area contributed by atoms with Crippen molar-refractivity contribution in [2.45, 2.75) is 6.92 Å². The van der Waals surface area contributed by atoms with Crippen LogP contribution in [0.25, 0.3) is 0 Å². The molecule has 0 N–H and O–H groups in total. The number of halogens is 1. The topological polar surface area (TPSA) is 41.8 Å². The van der Waals surface area contributed by atoms with Crippen molar-refractivity contribution in [3.8, 4) is 0 Å². The predicted octanol–water partition coefficient (Wildman–Crippen LogP) is 4.91. The fourth-order valence-electron chi connectivity index (χ4n) is 1.39. The van der Waals surface area contributed by atoms with Gasteiger partial charge >= 0.3 is 0 Å². The molecular weight excluding hydrogens is 339 g/mol. The van der Waals surface area contributed by atoms with Crippen LogP contribution in [0.2, 0.25) is 0 Å². The Kier molecular flexibility index (Phi) is 4.19. The second kappa shape index (κ2) is 5.86. The molecule has 18 heavy (non-hydrogen) atoms. The Hall–Kier alpha value is -1.56. The average molecular weight is 350 g/mol. The van der Waals surface area contributed by atoms with E-state index >= 15 is 0 Å². The number of Topliss-reactive ketones (excluding diaryl/α,β-unsaturated/α-hetero) is 1. The van der Waals surface area contributed by atoms with Gasteiger partial charge in [-0.15, -0.1) is 0 Å². The number of hydrogen-bond donors (Lipinski definition) is 0. The van der Waals surface area contributed by atoms with Gasteiger partial charge in [-0.05, 0) is 78.0 Å². The minimum Gasteiger partial charge on any atom is -0.295 e. The van der Waals surface area contributed by atoms with E-state index in [0.717, 1.165) is 14.9 Å². The minimum atomic E-state index is 0.0520. The van der Waals surface area contributed by atoms with Crippen molar-refractivity contribution in [3.63, 3.8) is 0 Å². The van der Waals surface area contributed by atoms with Crippen LogP contribution in [0.3, 0.4) is 0 Å². The molecule has 2 rings (SSSR count). The van der Waals surface area contributed by atoms with Crippen molar-refractivity contribution >= 4 is 39.7 Å². The quantitative estimate of drug-likeness (QED) is 0.441. The van der Waals surface area contributed by atoms with Gasteiger partial charge in [-0.3, -0.25) is 4.79 Å². The lowest BCUT2D eigenvalue weighted by atomic mass is 10.1. The zero-order chi connectivity index (χ0) is 13.0. The molecule has 2 aromatic rings. The van der Waals surface area contributed by atoms with Crippen LogP contribution in [0.15, 0.2) is 58.8 Å². The molecule has 0 unspecified atom stereocenters. The number of ketones is 1. The van der Waals surface area contributed by atoms with Gasteiger partial charge < -0.3 is 0 Å². The van der Waals surface area contributed by atoms with Gasteiger partial charge in [0.05, 0.1) is 11.4 Å². The summed E-state index contributed by atoms with van der Waals surface area (Å²) in [6.45, 7) is 1.54. The predicted molar refractivity (Wildman–Crippen MR) is 79.8 cm³/mol. The van der Waals surface area contributed by atoms with E-state index in [1.807, 2.05) is 24.3 Å². The van der Waals surface area contributed by atoms with E-state index < -0.39 is 0 Å². The van der Waals surface area contributed by atoms with E-state index in [0.29, 0.717) is 5.56 Å². The van der Waals surface area contributed by atoms with Crippen molar-refractivity contribution in [1.82, 2.24) is 0 Å². The van der Waals surface area contributed by atoms with Crippen LogP contribution in [0.5, 0.6) is 0 Å². The molecule has 0 aromatic heterocycles. The third-order valence-corrected chi connectivity index (χ3v) is 3.10.